The Bertz CT molecular complexity index is 308. The van der Waals surface area contributed by atoms with E-state index in [1.165, 1.54) is 12.7 Å². The summed E-state index contributed by atoms with van der Waals surface area (Å²) in [5.41, 5.74) is 1.29. The van der Waals surface area contributed by atoms with Crippen LogP contribution in [0, 0.1) is 0 Å². The van der Waals surface area contributed by atoms with Gasteiger partial charge in [0.05, 0.1) is 7.11 Å². The molecule has 0 unspecified atom stereocenters. The number of rotatable bonds is 6. The van der Waals surface area contributed by atoms with Gasteiger partial charge in [-0.1, -0.05) is 30.3 Å². The van der Waals surface area contributed by atoms with E-state index >= 15 is 0 Å². The fourth-order valence-electron chi connectivity index (χ4n) is 1.42. The molecule has 0 saturated carbocycles. The third-order valence-corrected chi connectivity index (χ3v) is 2.35. The SMILES string of the molecule is COC(=O)[C@@H](C)OCCCc1ccccc1. The highest BCUT2D eigenvalue weighted by molar-refractivity contribution is 5.73. The maximum absolute atomic E-state index is 11.0. The molecule has 0 bridgehead atoms. The van der Waals surface area contributed by atoms with Gasteiger partial charge in [-0.2, -0.15) is 0 Å². The van der Waals surface area contributed by atoms with Gasteiger partial charge in [0.2, 0.25) is 0 Å². The molecule has 0 fully saturated rings. The van der Waals surface area contributed by atoms with Crippen LogP contribution in [0.3, 0.4) is 0 Å². The minimum atomic E-state index is -0.472. The Morgan fingerprint density at radius 2 is 2.00 bits per heavy atom. The summed E-state index contributed by atoms with van der Waals surface area (Å²) in [6.45, 7) is 2.28. The normalized spacial score (nSPS) is 12.1. The van der Waals surface area contributed by atoms with Crippen molar-refractivity contribution in [3.63, 3.8) is 0 Å². The predicted molar refractivity (Wildman–Crippen MR) is 62.2 cm³/mol. The highest BCUT2D eigenvalue weighted by atomic mass is 16.6. The molecule has 0 saturated heterocycles. The molecule has 3 nitrogen and oxygen atoms in total. The number of aryl methyl sites for hydroxylation is 1. The Labute approximate surface area is 96.4 Å². The lowest BCUT2D eigenvalue weighted by Gasteiger charge is -2.10. The van der Waals surface area contributed by atoms with Crippen molar-refractivity contribution in [3.05, 3.63) is 35.9 Å². The topological polar surface area (TPSA) is 35.5 Å². The molecule has 0 aliphatic rings. The van der Waals surface area contributed by atoms with Crippen LogP contribution in [-0.2, 0) is 20.7 Å². The smallest absolute Gasteiger partial charge is 0.334 e. The van der Waals surface area contributed by atoms with Gasteiger partial charge in [0.15, 0.2) is 6.10 Å². The fourth-order valence-corrected chi connectivity index (χ4v) is 1.42. The fraction of sp³-hybridized carbons (Fsp3) is 0.462. The van der Waals surface area contributed by atoms with Gasteiger partial charge in [-0.3, -0.25) is 0 Å². The summed E-state index contributed by atoms with van der Waals surface area (Å²) in [7, 11) is 1.37. The molecular weight excluding hydrogens is 204 g/mol. The number of methoxy groups -OCH3 is 1. The molecule has 0 N–H and O–H groups in total. The van der Waals surface area contributed by atoms with Crippen LogP contribution in [0.1, 0.15) is 18.9 Å². The summed E-state index contributed by atoms with van der Waals surface area (Å²) in [5, 5.41) is 0. The maximum Gasteiger partial charge on any atom is 0.334 e. The first-order chi connectivity index (χ1) is 7.74. The lowest BCUT2D eigenvalue weighted by molar-refractivity contribution is -0.152. The van der Waals surface area contributed by atoms with Gasteiger partial charge in [-0.25, -0.2) is 4.79 Å². The minimum Gasteiger partial charge on any atom is -0.467 e. The van der Waals surface area contributed by atoms with Crippen LogP contribution in [0.4, 0.5) is 0 Å². The van der Waals surface area contributed by atoms with Crippen LogP contribution in [0.25, 0.3) is 0 Å². The van der Waals surface area contributed by atoms with Crippen LogP contribution in [0.2, 0.25) is 0 Å². The largest absolute Gasteiger partial charge is 0.467 e. The monoisotopic (exact) mass is 222 g/mol. The van der Waals surface area contributed by atoms with E-state index < -0.39 is 6.10 Å². The number of benzene rings is 1. The number of hydrogen-bond donors (Lipinski definition) is 0. The summed E-state index contributed by atoms with van der Waals surface area (Å²) in [4.78, 5) is 11.0. The molecule has 0 heterocycles. The summed E-state index contributed by atoms with van der Waals surface area (Å²) >= 11 is 0. The second-order valence-corrected chi connectivity index (χ2v) is 3.63. The van der Waals surface area contributed by atoms with E-state index in [-0.39, 0.29) is 5.97 Å². The van der Waals surface area contributed by atoms with Gasteiger partial charge in [0.25, 0.3) is 0 Å². The van der Waals surface area contributed by atoms with Gasteiger partial charge >= 0.3 is 5.97 Å². The van der Waals surface area contributed by atoms with E-state index in [1.807, 2.05) is 18.2 Å². The number of carbonyl (C=O) groups excluding carboxylic acids is 1. The van der Waals surface area contributed by atoms with Crippen molar-refractivity contribution in [1.29, 1.82) is 0 Å². The summed E-state index contributed by atoms with van der Waals surface area (Å²) < 4.78 is 9.91. The molecular formula is C13H18O3. The molecule has 0 amide bonds. The molecule has 0 aromatic heterocycles. The number of carbonyl (C=O) groups is 1. The summed E-state index contributed by atoms with van der Waals surface area (Å²) in [6, 6.07) is 10.2. The molecule has 1 atom stereocenters. The Morgan fingerprint density at radius 1 is 1.31 bits per heavy atom. The first-order valence-corrected chi connectivity index (χ1v) is 5.47. The molecule has 0 aliphatic heterocycles. The standard InChI is InChI=1S/C13H18O3/c1-11(13(14)15-2)16-10-6-9-12-7-4-3-5-8-12/h3-5,7-8,11H,6,9-10H2,1-2H3/t11-/m1/s1. The van der Waals surface area contributed by atoms with E-state index in [2.05, 4.69) is 16.9 Å². The van der Waals surface area contributed by atoms with Gasteiger partial charge < -0.3 is 9.47 Å². The second-order valence-electron chi connectivity index (χ2n) is 3.63. The van der Waals surface area contributed by atoms with Gasteiger partial charge in [0, 0.05) is 6.61 Å². The first-order valence-electron chi connectivity index (χ1n) is 5.47. The molecule has 0 radical (unpaired) electrons. The number of ether oxygens (including phenoxy) is 2. The Hall–Kier alpha value is -1.35. The molecule has 16 heavy (non-hydrogen) atoms. The number of hydrogen-bond acceptors (Lipinski definition) is 3. The summed E-state index contributed by atoms with van der Waals surface area (Å²) in [5.74, 6) is -0.320. The van der Waals surface area contributed by atoms with Crippen molar-refractivity contribution in [2.45, 2.75) is 25.9 Å². The van der Waals surface area contributed by atoms with Crippen molar-refractivity contribution < 1.29 is 14.3 Å². The molecule has 1 aromatic carbocycles. The van der Waals surface area contributed by atoms with Gasteiger partial charge in [-0.15, -0.1) is 0 Å². The minimum absolute atomic E-state index is 0.320. The van der Waals surface area contributed by atoms with Crippen LogP contribution in [-0.4, -0.2) is 25.8 Å². The quantitative estimate of drug-likeness (QED) is 0.546. The molecule has 1 aromatic rings. The third kappa shape index (κ3) is 4.45. The molecule has 0 spiro atoms. The Morgan fingerprint density at radius 3 is 2.62 bits per heavy atom. The van der Waals surface area contributed by atoms with E-state index in [0.717, 1.165) is 12.8 Å². The van der Waals surface area contributed by atoms with Crippen LogP contribution in [0.15, 0.2) is 30.3 Å². The van der Waals surface area contributed by atoms with Crippen molar-refractivity contribution in [1.82, 2.24) is 0 Å². The first kappa shape index (κ1) is 12.7. The zero-order valence-corrected chi connectivity index (χ0v) is 9.81. The summed E-state index contributed by atoms with van der Waals surface area (Å²) in [6.07, 6.45) is 1.40. The second kappa shape index (κ2) is 7.01. The Kier molecular flexibility index (Phi) is 5.57. The molecule has 0 aliphatic carbocycles. The molecule has 3 heteroatoms. The van der Waals surface area contributed by atoms with Crippen LogP contribution in [0.5, 0.6) is 0 Å². The zero-order valence-electron chi connectivity index (χ0n) is 9.81. The average molecular weight is 222 g/mol. The highest BCUT2D eigenvalue weighted by Gasteiger charge is 2.12. The Balaban J connectivity index is 2.15. The zero-order chi connectivity index (χ0) is 11.8. The van der Waals surface area contributed by atoms with Crippen molar-refractivity contribution in [3.8, 4) is 0 Å². The van der Waals surface area contributed by atoms with E-state index in [0.29, 0.717) is 6.61 Å². The highest BCUT2D eigenvalue weighted by Crippen LogP contribution is 2.03. The van der Waals surface area contributed by atoms with Crippen LogP contribution < -0.4 is 0 Å². The van der Waals surface area contributed by atoms with Gasteiger partial charge in [0.1, 0.15) is 0 Å². The molecule has 1 rings (SSSR count). The molecule has 88 valence electrons. The van der Waals surface area contributed by atoms with E-state index in [4.69, 9.17) is 4.74 Å². The van der Waals surface area contributed by atoms with Crippen LogP contribution >= 0.6 is 0 Å². The average Bonchev–Trinajstić information content (AvgIpc) is 2.34. The lowest BCUT2D eigenvalue weighted by Crippen LogP contribution is -2.22. The third-order valence-electron chi connectivity index (χ3n) is 2.35. The van der Waals surface area contributed by atoms with Crippen molar-refractivity contribution in [2.75, 3.05) is 13.7 Å². The van der Waals surface area contributed by atoms with E-state index in [9.17, 15) is 4.79 Å². The lowest BCUT2D eigenvalue weighted by atomic mass is 10.1. The van der Waals surface area contributed by atoms with E-state index in [1.54, 1.807) is 6.92 Å². The van der Waals surface area contributed by atoms with Gasteiger partial charge in [-0.05, 0) is 25.3 Å². The number of esters is 1. The van der Waals surface area contributed by atoms with Crippen molar-refractivity contribution in [2.24, 2.45) is 0 Å². The predicted octanol–water partition coefficient (Wildman–Crippen LogP) is 2.20. The van der Waals surface area contributed by atoms with Crippen molar-refractivity contribution >= 4 is 5.97 Å². The maximum atomic E-state index is 11.0.